The molecule has 0 aliphatic heterocycles. The molecular formula is C22H28N6O4. The van der Waals surface area contributed by atoms with E-state index in [9.17, 15) is 9.59 Å². The van der Waals surface area contributed by atoms with Gasteiger partial charge in [0.05, 0.1) is 13.1 Å². The monoisotopic (exact) mass is 440 g/mol. The summed E-state index contributed by atoms with van der Waals surface area (Å²) in [6, 6.07) is 6.71. The van der Waals surface area contributed by atoms with Gasteiger partial charge in [0.1, 0.15) is 0 Å². The van der Waals surface area contributed by atoms with Gasteiger partial charge in [0, 0.05) is 23.5 Å². The largest absolute Gasteiger partial charge is 0.359 e. The third-order valence-electron chi connectivity index (χ3n) is 4.81. The predicted octanol–water partition coefficient (Wildman–Crippen LogP) is 2.91. The molecule has 0 atom stereocenters. The van der Waals surface area contributed by atoms with Crippen LogP contribution in [0.4, 0.5) is 11.4 Å². The molecule has 0 saturated heterocycles. The summed E-state index contributed by atoms with van der Waals surface area (Å²) in [5.41, 5.74) is 3.30. The van der Waals surface area contributed by atoms with Crippen molar-refractivity contribution in [2.24, 2.45) is 0 Å². The molecule has 10 nitrogen and oxygen atoms in total. The molecule has 0 unspecified atom stereocenters. The first kappa shape index (κ1) is 23.2. The van der Waals surface area contributed by atoms with Crippen LogP contribution in [0.1, 0.15) is 43.6 Å². The van der Waals surface area contributed by atoms with Crippen molar-refractivity contribution >= 4 is 23.2 Å². The van der Waals surface area contributed by atoms with Crippen LogP contribution in [0.25, 0.3) is 0 Å². The van der Waals surface area contributed by atoms with Gasteiger partial charge in [-0.1, -0.05) is 10.3 Å². The first-order chi connectivity index (χ1) is 15.1. The lowest BCUT2D eigenvalue weighted by atomic mass is 10.1. The SMILES string of the molecule is Cc1c(NC(=O)c2cc(CN(C)C)on2)ccc(NC(=O)c2cc(CN(C)C)on2)c1C. The summed E-state index contributed by atoms with van der Waals surface area (Å²) in [4.78, 5) is 29.0. The molecule has 0 saturated carbocycles. The van der Waals surface area contributed by atoms with Crippen LogP contribution in [0.3, 0.4) is 0 Å². The van der Waals surface area contributed by atoms with Gasteiger partial charge in [0.25, 0.3) is 11.8 Å². The van der Waals surface area contributed by atoms with Crippen LogP contribution in [0.2, 0.25) is 0 Å². The van der Waals surface area contributed by atoms with Crippen molar-refractivity contribution in [3.8, 4) is 0 Å². The highest BCUT2D eigenvalue weighted by molar-refractivity contribution is 6.05. The highest BCUT2D eigenvalue weighted by Crippen LogP contribution is 2.26. The predicted molar refractivity (Wildman–Crippen MR) is 120 cm³/mol. The quantitative estimate of drug-likeness (QED) is 0.549. The molecular weight excluding hydrogens is 412 g/mol. The van der Waals surface area contributed by atoms with Crippen molar-refractivity contribution < 1.29 is 18.6 Å². The topological polar surface area (TPSA) is 117 Å². The molecule has 0 bridgehead atoms. The zero-order chi connectivity index (χ0) is 23.4. The standard InChI is InChI=1S/C22H28N6O4/c1-13-14(2)18(24-22(30)20-10-16(32-26-20)12-28(5)6)8-7-17(13)23-21(29)19-9-15(31-25-19)11-27(3)4/h7-10H,11-12H2,1-6H3,(H,23,29)(H,24,30). The van der Waals surface area contributed by atoms with Crippen molar-refractivity contribution in [3.05, 3.63) is 58.3 Å². The third-order valence-corrected chi connectivity index (χ3v) is 4.81. The molecule has 3 rings (SSSR count). The zero-order valence-electron chi connectivity index (χ0n) is 19.1. The number of aromatic nitrogens is 2. The van der Waals surface area contributed by atoms with Crippen LogP contribution in [0.15, 0.2) is 33.3 Å². The van der Waals surface area contributed by atoms with E-state index >= 15 is 0 Å². The minimum absolute atomic E-state index is 0.204. The summed E-state index contributed by atoms with van der Waals surface area (Å²) in [6.07, 6.45) is 0. The van der Waals surface area contributed by atoms with E-state index in [1.807, 2.05) is 51.8 Å². The van der Waals surface area contributed by atoms with Crippen molar-refractivity contribution in [1.29, 1.82) is 0 Å². The maximum atomic E-state index is 12.6. The van der Waals surface area contributed by atoms with Crippen LogP contribution in [0, 0.1) is 13.8 Å². The molecule has 2 amide bonds. The van der Waals surface area contributed by atoms with E-state index in [1.165, 1.54) is 0 Å². The van der Waals surface area contributed by atoms with E-state index in [0.29, 0.717) is 36.0 Å². The highest BCUT2D eigenvalue weighted by atomic mass is 16.5. The van der Waals surface area contributed by atoms with Gasteiger partial charge in [-0.05, 0) is 65.3 Å². The maximum absolute atomic E-state index is 12.6. The number of carbonyl (C=O) groups is 2. The zero-order valence-corrected chi connectivity index (χ0v) is 19.1. The maximum Gasteiger partial charge on any atom is 0.277 e. The minimum atomic E-state index is -0.367. The van der Waals surface area contributed by atoms with E-state index in [-0.39, 0.29) is 23.2 Å². The number of rotatable bonds is 8. The lowest BCUT2D eigenvalue weighted by Gasteiger charge is -2.14. The molecule has 2 N–H and O–H groups in total. The first-order valence-corrected chi connectivity index (χ1v) is 10.1. The number of benzene rings is 1. The second kappa shape index (κ2) is 9.75. The number of hydrogen-bond donors (Lipinski definition) is 2. The number of anilines is 2. The van der Waals surface area contributed by atoms with Crippen LogP contribution in [-0.4, -0.2) is 60.1 Å². The van der Waals surface area contributed by atoms with E-state index in [0.717, 1.165) is 11.1 Å². The van der Waals surface area contributed by atoms with E-state index in [2.05, 4.69) is 20.9 Å². The Bertz CT molecular complexity index is 1030. The number of carbonyl (C=O) groups excluding carboxylic acids is 2. The van der Waals surface area contributed by atoms with Crippen LogP contribution in [0.5, 0.6) is 0 Å². The van der Waals surface area contributed by atoms with Crippen LogP contribution >= 0.6 is 0 Å². The van der Waals surface area contributed by atoms with Gasteiger partial charge in [0.15, 0.2) is 22.9 Å². The molecule has 0 spiro atoms. The Balaban J connectivity index is 1.69. The molecule has 0 aliphatic rings. The summed E-state index contributed by atoms with van der Waals surface area (Å²) in [5.74, 6) is 0.475. The van der Waals surface area contributed by atoms with Gasteiger partial charge in [-0.15, -0.1) is 0 Å². The third kappa shape index (κ3) is 5.59. The molecule has 170 valence electrons. The van der Waals surface area contributed by atoms with Crippen LogP contribution in [-0.2, 0) is 13.1 Å². The first-order valence-electron chi connectivity index (χ1n) is 10.1. The van der Waals surface area contributed by atoms with Crippen LogP contribution < -0.4 is 10.6 Å². The van der Waals surface area contributed by atoms with Gasteiger partial charge >= 0.3 is 0 Å². The van der Waals surface area contributed by atoms with Gasteiger partial charge in [-0.2, -0.15) is 0 Å². The Hall–Kier alpha value is -3.50. The second-order valence-corrected chi connectivity index (χ2v) is 8.15. The number of nitrogens with zero attached hydrogens (tertiary/aromatic N) is 4. The number of hydrogen-bond acceptors (Lipinski definition) is 8. The average Bonchev–Trinajstić information content (AvgIpc) is 3.36. The summed E-state index contributed by atoms with van der Waals surface area (Å²) < 4.78 is 10.4. The molecule has 1 aromatic carbocycles. The number of amides is 2. The fourth-order valence-electron chi connectivity index (χ4n) is 3.08. The summed E-state index contributed by atoms with van der Waals surface area (Å²) >= 11 is 0. The molecule has 3 aromatic rings. The molecule has 2 aromatic heterocycles. The molecule has 2 heterocycles. The van der Waals surface area contributed by atoms with Crippen molar-refractivity contribution in [2.45, 2.75) is 26.9 Å². The fraction of sp³-hybridized carbons (Fsp3) is 0.364. The van der Waals surface area contributed by atoms with E-state index in [1.54, 1.807) is 24.3 Å². The van der Waals surface area contributed by atoms with E-state index in [4.69, 9.17) is 9.05 Å². The summed E-state index contributed by atoms with van der Waals surface area (Å²) in [5, 5.41) is 13.4. The Kier molecular flexibility index (Phi) is 7.06. The van der Waals surface area contributed by atoms with Gasteiger partial charge in [0.2, 0.25) is 0 Å². The Morgan fingerprint density at radius 1 is 0.781 bits per heavy atom. The van der Waals surface area contributed by atoms with Gasteiger partial charge < -0.3 is 29.5 Å². The van der Waals surface area contributed by atoms with Crippen molar-refractivity contribution in [1.82, 2.24) is 20.1 Å². The highest BCUT2D eigenvalue weighted by Gasteiger charge is 2.18. The molecule has 10 heteroatoms. The van der Waals surface area contributed by atoms with Gasteiger partial charge in [-0.25, -0.2) is 0 Å². The van der Waals surface area contributed by atoms with Crippen molar-refractivity contribution in [3.63, 3.8) is 0 Å². The molecule has 0 radical (unpaired) electrons. The van der Waals surface area contributed by atoms with Crippen molar-refractivity contribution in [2.75, 3.05) is 38.8 Å². The lowest BCUT2D eigenvalue weighted by molar-refractivity contribution is 0.100. The Morgan fingerprint density at radius 2 is 1.16 bits per heavy atom. The second-order valence-electron chi connectivity index (χ2n) is 8.15. The summed E-state index contributed by atoms with van der Waals surface area (Å²) in [6.45, 7) is 4.84. The lowest BCUT2D eigenvalue weighted by Crippen LogP contribution is -2.16. The molecule has 0 aliphatic carbocycles. The van der Waals surface area contributed by atoms with E-state index < -0.39 is 0 Å². The average molecular weight is 441 g/mol. The smallest absolute Gasteiger partial charge is 0.277 e. The normalized spacial score (nSPS) is 11.2. The number of nitrogens with one attached hydrogen (secondary N) is 2. The van der Waals surface area contributed by atoms with Gasteiger partial charge in [-0.3, -0.25) is 9.59 Å². The summed E-state index contributed by atoms with van der Waals surface area (Å²) in [7, 11) is 7.61. The fourth-order valence-corrected chi connectivity index (χ4v) is 3.08. The molecule has 0 fully saturated rings. The minimum Gasteiger partial charge on any atom is -0.359 e. The molecule has 32 heavy (non-hydrogen) atoms. The Labute approximate surface area is 186 Å². The Morgan fingerprint density at radius 3 is 1.50 bits per heavy atom.